The minimum Gasteiger partial charge on any atom is -0.317 e. The molecule has 1 aromatic heterocycles. The van der Waals surface area contributed by atoms with Gasteiger partial charge in [0.25, 0.3) is 10.9 Å². The van der Waals surface area contributed by atoms with E-state index in [1.165, 1.54) is 36.4 Å². The molecule has 1 aliphatic heterocycles. The Kier molecular flexibility index (Phi) is 4.96. The van der Waals surface area contributed by atoms with Crippen LogP contribution in [0.3, 0.4) is 0 Å². The third-order valence-electron chi connectivity index (χ3n) is 4.12. The predicted molar refractivity (Wildman–Crippen MR) is 110 cm³/mol. The molecule has 0 atom stereocenters. The van der Waals surface area contributed by atoms with Crippen molar-refractivity contribution in [1.29, 1.82) is 0 Å². The molecule has 0 spiro atoms. The van der Waals surface area contributed by atoms with Crippen molar-refractivity contribution >= 4 is 40.3 Å². The Bertz CT molecular complexity index is 1150. The number of nitrogens with one attached hydrogen (secondary N) is 1. The highest BCUT2D eigenvalue weighted by Crippen LogP contribution is 2.29. The minimum absolute atomic E-state index is 0.00988. The second-order valence-corrected chi connectivity index (χ2v) is 7.05. The Morgan fingerprint density at radius 2 is 1.83 bits per heavy atom. The summed E-state index contributed by atoms with van der Waals surface area (Å²) in [6.07, 6.45) is 3.62. The van der Waals surface area contributed by atoms with Gasteiger partial charge in [-0.15, -0.1) is 0 Å². The van der Waals surface area contributed by atoms with Gasteiger partial charge in [-0.2, -0.15) is 0 Å². The summed E-state index contributed by atoms with van der Waals surface area (Å²) in [5, 5.41) is 13.3. The molecule has 7 nitrogen and oxygen atoms in total. The standard InChI is InChI=1S/C20H13FN4O3S/c21-13-3-5-14(6-4-13)22-19-18(29-20(26)23-19)12-17-2-1-11-24(17)15-7-9-16(10-8-15)25(27)28/h1-12H,(H,22,23,26)/b18-12-. The maximum atomic E-state index is 13.1. The molecule has 0 unspecified atom stereocenters. The number of amides is 1. The molecule has 1 fully saturated rings. The number of rotatable bonds is 4. The lowest BCUT2D eigenvalue weighted by molar-refractivity contribution is -0.384. The summed E-state index contributed by atoms with van der Waals surface area (Å²) in [5.74, 6) is 0.0125. The van der Waals surface area contributed by atoms with Gasteiger partial charge in [-0.05, 0) is 66.4 Å². The van der Waals surface area contributed by atoms with Gasteiger partial charge in [0.1, 0.15) is 11.7 Å². The second kappa shape index (κ2) is 7.72. The summed E-state index contributed by atoms with van der Waals surface area (Å²) >= 11 is 1.01. The average molecular weight is 408 g/mol. The van der Waals surface area contributed by atoms with Crippen LogP contribution in [0.1, 0.15) is 5.69 Å². The van der Waals surface area contributed by atoms with E-state index in [4.69, 9.17) is 0 Å². The molecule has 1 saturated heterocycles. The topological polar surface area (TPSA) is 89.5 Å². The van der Waals surface area contributed by atoms with Crippen LogP contribution >= 0.6 is 11.8 Å². The number of benzene rings is 2. The lowest BCUT2D eigenvalue weighted by Crippen LogP contribution is -2.18. The molecule has 0 radical (unpaired) electrons. The Balaban J connectivity index is 1.68. The lowest BCUT2D eigenvalue weighted by Gasteiger charge is -2.07. The van der Waals surface area contributed by atoms with Gasteiger partial charge in [-0.25, -0.2) is 9.38 Å². The molecule has 1 N–H and O–H groups in total. The molecule has 9 heteroatoms. The summed E-state index contributed by atoms with van der Waals surface area (Å²) < 4.78 is 14.9. The van der Waals surface area contributed by atoms with E-state index in [1.807, 2.05) is 22.9 Å². The monoisotopic (exact) mass is 408 g/mol. The third-order valence-corrected chi connectivity index (χ3v) is 4.94. The van der Waals surface area contributed by atoms with Crippen molar-refractivity contribution in [3.8, 4) is 5.69 Å². The quantitative estimate of drug-likeness (QED) is 0.483. The molecule has 0 aliphatic carbocycles. The molecule has 2 aromatic carbocycles. The van der Waals surface area contributed by atoms with Gasteiger partial charge in [0.2, 0.25) is 0 Å². The molecule has 0 bridgehead atoms. The van der Waals surface area contributed by atoms with E-state index in [0.717, 1.165) is 23.1 Å². The largest absolute Gasteiger partial charge is 0.317 e. The number of nitro benzene ring substituents is 1. The van der Waals surface area contributed by atoms with E-state index in [2.05, 4.69) is 10.3 Å². The summed E-state index contributed by atoms with van der Waals surface area (Å²) in [6.45, 7) is 0. The van der Waals surface area contributed by atoms with Gasteiger partial charge in [0.15, 0.2) is 0 Å². The fourth-order valence-electron chi connectivity index (χ4n) is 2.77. The first-order valence-corrected chi connectivity index (χ1v) is 9.28. The van der Waals surface area contributed by atoms with E-state index in [0.29, 0.717) is 16.4 Å². The van der Waals surface area contributed by atoms with E-state index < -0.39 is 4.92 Å². The van der Waals surface area contributed by atoms with Gasteiger partial charge in [-0.3, -0.25) is 14.9 Å². The van der Waals surface area contributed by atoms with Crippen molar-refractivity contribution in [1.82, 2.24) is 9.88 Å². The van der Waals surface area contributed by atoms with Crippen LogP contribution in [0.15, 0.2) is 76.8 Å². The van der Waals surface area contributed by atoms with Crippen LogP contribution in [-0.2, 0) is 0 Å². The minimum atomic E-state index is -0.451. The molecule has 144 valence electrons. The molecule has 3 aromatic rings. The molecule has 1 aliphatic rings. The Hall–Kier alpha value is -3.72. The number of halogens is 1. The van der Waals surface area contributed by atoms with Crippen molar-refractivity contribution in [2.45, 2.75) is 0 Å². The number of carbonyl (C=O) groups excluding carboxylic acids is 1. The maximum absolute atomic E-state index is 13.1. The normalized spacial score (nSPS) is 16.4. The molecule has 0 saturated carbocycles. The van der Waals surface area contributed by atoms with Gasteiger partial charge in [0.05, 0.1) is 15.5 Å². The van der Waals surface area contributed by atoms with Gasteiger partial charge in [-0.1, -0.05) is 0 Å². The van der Waals surface area contributed by atoms with Gasteiger partial charge in [0, 0.05) is 29.7 Å². The van der Waals surface area contributed by atoms with Crippen molar-refractivity contribution in [3.63, 3.8) is 0 Å². The number of non-ortho nitro benzene ring substituents is 1. The smallest absolute Gasteiger partial charge is 0.289 e. The fraction of sp³-hybridized carbons (Fsp3) is 0. The molecular formula is C20H13FN4O3S. The van der Waals surface area contributed by atoms with Crippen LogP contribution < -0.4 is 5.32 Å². The average Bonchev–Trinajstić information content (AvgIpc) is 3.30. The number of nitro groups is 1. The number of aromatic nitrogens is 1. The zero-order valence-electron chi connectivity index (χ0n) is 14.8. The van der Waals surface area contributed by atoms with Crippen LogP contribution in [0.5, 0.6) is 0 Å². The number of amidine groups is 1. The Morgan fingerprint density at radius 3 is 2.52 bits per heavy atom. The molecule has 4 rings (SSSR count). The summed E-state index contributed by atoms with van der Waals surface area (Å²) in [7, 11) is 0. The highest BCUT2D eigenvalue weighted by Gasteiger charge is 2.24. The van der Waals surface area contributed by atoms with Crippen molar-refractivity contribution < 1.29 is 14.1 Å². The number of carbonyl (C=O) groups is 1. The second-order valence-electron chi connectivity index (χ2n) is 6.04. The summed E-state index contributed by atoms with van der Waals surface area (Å²) in [6, 6.07) is 15.5. The Labute approximate surface area is 168 Å². The molecule has 1 amide bonds. The number of hydrogen-bond acceptors (Lipinski definition) is 5. The first-order chi connectivity index (χ1) is 14.0. The van der Waals surface area contributed by atoms with Gasteiger partial charge >= 0.3 is 0 Å². The zero-order chi connectivity index (χ0) is 20.4. The number of thioether (sulfide) groups is 1. The van der Waals surface area contributed by atoms with Crippen molar-refractivity contribution in [2.24, 2.45) is 4.99 Å². The summed E-state index contributed by atoms with van der Waals surface area (Å²) in [5.41, 5.74) is 2.04. The Morgan fingerprint density at radius 1 is 1.10 bits per heavy atom. The molecule has 29 heavy (non-hydrogen) atoms. The molecule has 2 heterocycles. The third kappa shape index (κ3) is 4.09. The summed E-state index contributed by atoms with van der Waals surface area (Å²) in [4.78, 5) is 27.3. The van der Waals surface area contributed by atoms with Crippen LogP contribution in [0.2, 0.25) is 0 Å². The maximum Gasteiger partial charge on any atom is 0.289 e. The van der Waals surface area contributed by atoms with Crippen LogP contribution in [0.4, 0.5) is 20.6 Å². The highest BCUT2D eigenvalue weighted by atomic mass is 32.2. The number of nitrogens with zero attached hydrogens (tertiary/aromatic N) is 3. The van der Waals surface area contributed by atoms with Gasteiger partial charge < -0.3 is 9.88 Å². The van der Waals surface area contributed by atoms with E-state index in [1.54, 1.807) is 18.2 Å². The SMILES string of the molecule is O=C1NC(=Nc2ccc(F)cc2)/C(=C/c2cccn2-c2ccc([N+](=O)[O-])cc2)S1. The number of aliphatic imine (C=N–C) groups is 1. The number of hydrogen-bond donors (Lipinski definition) is 1. The van der Waals surface area contributed by atoms with E-state index >= 15 is 0 Å². The fourth-order valence-corrected chi connectivity index (χ4v) is 3.49. The van der Waals surface area contributed by atoms with Crippen LogP contribution in [-0.4, -0.2) is 20.6 Å². The predicted octanol–water partition coefficient (Wildman–Crippen LogP) is 5.05. The molecular weight excluding hydrogens is 395 g/mol. The first-order valence-electron chi connectivity index (χ1n) is 8.47. The van der Waals surface area contributed by atoms with Crippen LogP contribution in [0, 0.1) is 15.9 Å². The lowest BCUT2D eigenvalue weighted by atomic mass is 10.2. The van der Waals surface area contributed by atoms with Crippen LogP contribution in [0.25, 0.3) is 11.8 Å². The zero-order valence-corrected chi connectivity index (χ0v) is 15.6. The van der Waals surface area contributed by atoms with Crippen molar-refractivity contribution in [3.05, 3.63) is 93.4 Å². The first kappa shape index (κ1) is 18.6. The van der Waals surface area contributed by atoms with E-state index in [9.17, 15) is 19.3 Å². The van der Waals surface area contributed by atoms with E-state index in [-0.39, 0.29) is 16.7 Å². The van der Waals surface area contributed by atoms with Crippen molar-refractivity contribution in [2.75, 3.05) is 0 Å². The highest BCUT2D eigenvalue weighted by molar-refractivity contribution is 8.18.